The number of carbonyl (C=O) groups is 1. The van der Waals surface area contributed by atoms with Crippen LogP contribution < -0.4 is 10.2 Å². The number of hydrogen-bond donors (Lipinski definition) is 1. The van der Waals surface area contributed by atoms with Crippen molar-refractivity contribution < 1.29 is 9.21 Å². The number of carbonyl (C=O) groups excluding carboxylic acids is 1. The Balaban J connectivity index is 1.40. The molecule has 1 aromatic heterocycles. The molecule has 150 valence electrons. The second kappa shape index (κ2) is 8.97. The molecule has 29 heavy (non-hydrogen) atoms. The Hall–Kier alpha value is -3.05. The molecule has 1 aliphatic heterocycles. The fraction of sp³-hybridized carbons (Fsp3) is 0.292. The van der Waals surface area contributed by atoms with Crippen LogP contribution in [0.15, 0.2) is 77.4 Å². The largest absolute Gasteiger partial charge is 0.468 e. The summed E-state index contributed by atoms with van der Waals surface area (Å²) in [5, 5.41) is 3.09. The second-order valence-corrected chi connectivity index (χ2v) is 7.47. The first-order chi connectivity index (χ1) is 14.2. The zero-order valence-corrected chi connectivity index (χ0v) is 16.8. The fourth-order valence-electron chi connectivity index (χ4n) is 3.82. The molecule has 0 radical (unpaired) electrons. The Morgan fingerprint density at radius 2 is 1.69 bits per heavy atom. The van der Waals surface area contributed by atoms with Crippen LogP contribution in [-0.2, 0) is 0 Å². The van der Waals surface area contributed by atoms with E-state index in [-0.39, 0.29) is 11.9 Å². The van der Waals surface area contributed by atoms with Crippen LogP contribution in [0.1, 0.15) is 27.7 Å². The predicted octanol–water partition coefficient (Wildman–Crippen LogP) is 3.88. The molecule has 1 N–H and O–H groups in total. The Kier molecular flexibility index (Phi) is 5.96. The van der Waals surface area contributed by atoms with Gasteiger partial charge in [0.1, 0.15) is 5.76 Å². The molecular weight excluding hydrogens is 362 g/mol. The molecule has 1 amide bonds. The van der Waals surface area contributed by atoms with Gasteiger partial charge in [0.25, 0.3) is 5.91 Å². The quantitative estimate of drug-likeness (QED) is 0.695. The molecule has 0 bridgehead atoms. The predicted molar refractivity (Wildman–Crippen MR) is 115 cm³/mol. The van der Waals surface area contributed by atoms with Crippen molar-refractivity contribution in [3.8, 4) is 0 Å². The smallest absolute Gasteiger partial charge is 0.251 e. The Morgan fingerprint density at radius 3 is 2.34 bits per heavy atom. The maximum atomic E-state index is 12.6. The zero-order chi connectivity index (χ0) is 20.1. The lowest BCUT2D eigenvalue weighted by molar-refractivity contribution is 0.0923. The highest BCUT2D eigenvalue weighted by molar-refractivity contribution is 5.94. The minimum Gasteiger partial charge on any atom is -0.468 e. The Morgan fingerprint density at radius 1 is 0.966 bits per heavy atom. The van der Waals surface area contributed by atoms with E-state index in [9.17, 15) is 4.79 Å². The van der Waals surface area contributed by atoms with Gasteiger partial charge < -0.3 is 14.6 Å². The third-order valence-corrected chi connectivity index (χ3v) is 5.52. The maximum absolute atomic E-state index is 12.6. The number of aryl methyl sites for hydroxylation is 1. The van der Waals surface area contributed by atoms with Crippen LogP contribution in [-0.4, -0.2) is 43.5 Å². The van der Waals surface area contributed by atoms with E-state index in [0.29, 0.717) is 12.1 Å². The number of furan rings is 1. The van der Waals surface area contributed by atoms with Crippen molar-refractivity contribution in [1.29, 1.82) is 0 Å². The van der Waals surface area contributed by atoms with Gasteiger partial charge in [0.2, 0.25) is 0 Å². The standard InChI is InChI=1S/C24H27N3O2/c1-19-9-11-20(12-10-19)24(28)25-18-22(23-8-5-17-29-23)27-15-13-26(14-16-27)21-6-3-2-4-7-21/h2-12,17,22H,13-16,18H2,1H3,(H,25,28)/t22-/m0/s1. The van der Waals surface area contributed by atoms with Gasteiger partial charge in [-0.25, -0.2) is 0 Å². The number of nitrogens with zero attached hydrogens (tertiary/aromatic N) is 2. The van der Waals surface area contributed by atoms with Gasteiger partial charge in [0.05, 0.1) is 12.3 Å². The highest BCUT2D eigenvalue weighted by Gasteiger charge is 2.27. The topological polar surface area (TPSA) is 48.7 Å². The molecule has 0 unspecified atom stereocenters. The zero-order valence-electron chi connectivity index (χ0n) is 16.8. The summed E-state index contributed by atoms with van der Waals surface area (Å²) in [7, 11) is 0. The van der Waals surface area contributed by atoms with Gasteiger partial charge in [0, 0.05) is 44.0 Å². The minimum absolute atomic E-state index is 0.0253. The molecule has 3 aromatic rings. The first kappa shape index (κ1) is 19.3. The minimum atomic E-state index is -0.0514. The average molecular weight is 389 g/mol. The summed E-state index contributed by atoms with van der Waals surface area (Å²) in [6.07, 6.45) is 1.70. The summed E-state index contributed by atoms with van der Waals surface area (Å²) in [5.74, 6) is 0.840. The van der Waals surface area contributed by atoms with E-state index >= 15 is 0 Å². The number of piperazine rings is 1. The normalized spacial score (nSPS) is 15.8. The first-order valence-corrected chi connectivity index (χ1v) is 10.1. The Labute approximate surface area is 171 Å². The molecule has 2 heterocycles. The summed E-state index contributed by atoms with van der Waals surface area (Å²) in [4.78, 5) is 17.4. The third-order valence-electron chi connectivity index (χ3n) is 5.52. The van der Waals surface area contributed by atoms with Gasteiger partial charge in [-0.1, -0.05) is 35.9 Å². The van der Waals surface area contributed by atoms with Gasteiger partial charge in [-0.2, -0.15) is 0 Å². The van der Waals surface area contributed by atoms with Crippen molar-refractivity contribution in [3.05, 3.63) is 89.9 Å². The van der Waals surface area contributed by atoms with E-state index < -0.39 is 0 Å². The van der Waals surface area contributed by atoms with Crippen LogP contribution in [0.5, 0.6) is 0 Å². The molecule has 5 heteroatoms. The van der Waals surface area contributed by atoms with E-state index in [1.165, 1.54) is 5.69 Å². The van der Waals surface area contributed by atoms with Crippen LogP contribution in [0, 0.1) is 6.92 Å². The van der Waals surface area contributed by atoms with Gasteiger partial charge in [-0.3, -0.25) is 9.69 Å². The maximum Gasteiger partial charge on any atom is 0.251 e. The second-order valence-electron chi connectivity index (χ2n) is 7.47. The summed E-state index contributed by atoms with van der Waals surface area (Å²) in [6.45, 7) is 6.27. The monoisotopic (exact) mass is 389 g/mol. The van der Waals surface area contributed by atoms with Crippen molar-refractivity contribution in [3.63, 3.8) is 0 Å². The number of rotatable bonds is 6. The van der Waals surface area contributed by atoms with E-state index in [1.54, 1.807) is 6.26 Å². The van der Waals surface area contributed by atoms with Crippen LogP contribution >= 0.6 is 0 Å². The van der Waals surface area contributed by atoms with Crippen LogP contribution in [0.2, 0.25) is 0 Å². The van der Waals surface area contributed by atoms with E-state index in [2.05, 4.69) is 39.4 Å². The van der Waals surface area contributed by atoms with Crippen molar-refractivity contribution in [2.75, 3.05) is 37.6 Å². The highest BCUT2D eigenvalue weighted by atomic mass is 16.3. The van der Waals surface area contributed by atoms with Crippen molar-refractivity contribution in [2.24, 2.45) is 0 Å². The summed E-state index contributed by atoms with van der Waals surface area (Å²) >= 11 is 0. The molecule has 0 aliphatic carbocycles. The lowest BCUT2D eigenvalue weighted by Gasteiger charge is -2.39. The molecule has 0 saturated carbocycles. The molecule has 1 atom stereocenters. The van der Waals surface area contributed by atoms with E-state index in [4.69, 9.17) is 4.42 Å². The molecule has 0 spiro atoms. The highest BCUT2D eigenvalue weighted by Crippen LogP contribution is 2.24. The van der Waals surface area contributed by atoms with E-state index in [0.717, 1.165) is 37.5 Å². The first-order valence-electron chi connectivity index (χ1n) is 10.1. The van der Waals surface area contributed by atoms with Crippen molar-refractivity contribution >= 4 is 11.6 Å². The summed E-state index contributed by atoms with van der Waals surface area (Å²) < 4.78 is 5.71. The molecule has 4 rings (SSSR count). The SMILES string of the molecule is Cc1ccc(C(=O)NC[C@@H](c2ccco2)N2CCN(c3ccccc3)CC2)cc1. The van der Waals surface area contributed by atoms with Crippen LogP contribution in [0.3, 0.4) is 0 Å². The number of hydrogen-bond acceptors (Lipinski definition) is 4. The van der Waals surface area contributed by atoms with Crippen LogP contribution in [0.25, 0.3) is 0 Å². The molecule has 1 aliphatic rings. The number of anilines is 1. The van der Waals surface area contributed by atoms with Crippen molar-refractivity contribution in [2.45, 2.75) is 13.0 Å². The lowest BCUT2D eigenvalue weighted by atomic mass is 10.1. The Bertz CT molecular complexity index is 899. The van der Waals surface area contributed by atoms with Crippen LogP contribution in [0.4, 0.5) is 5.69 Å². The van der Waals surface area contributed by atoms with Crippen molar-refractivity contribution in [1.82, 2.24) is 10.2 Å². The molecular formula is C24H27N3O2. The average Bonchev–Trinajstić information content (AvgIpc) is 3.30. The van der Waals surface area contributed by atoms with Gasteiger partial charge in [0.15, 0.2) is 0 Å². The number of nitrogens with one attached hydrogen (secondary N) is 1. The van der Waals surface area contributed by atoms with Gasteiger partial charge in [-0.15, -0.1) is 0 Å². The van der Waals surface area contributed by atoms with E-state index in [1.807, 2.05) is 49.4 Å². The number of benzene rings is 2. The third kappa shape index (κ3) is 4.69. The molecule has 1 saturated heterocycles. The summed E-state index contributed by atoms with van der Waals surface area (Å²) in [6, 6.07) is 22.1. The fourth-order valence-corrected chi connectivity index (χ4v) is 3.82. The number of para-hydroxylation sites is 1. The molecule has 1 fully saturated rings. The molecule has 5 nitrogen and oxygen atoms in total. The van der Waals surface area contributed by atoms with Gasteiger partial charge in [-0.05, 0) is 43.3 Å². The molecule has 2 aromatic carbocycles. The number of amides is 1. The van der Waals surface area contributed by atoms with Gasteiger partial charge >= 0.3 is 0 Å². The summed E-state index contributed by atoms with van der Waals surface area (Å²) in [5.41, 5.74) is 3.09. The lowest BCUT2D eigenvalue weighted by Crippen LogP contribution is -2.49.